The molecule has 0 aromatic carbocycles. The maximum atomic E-state index is 10.9. The monoisotopic (exact) mass is 153 g/mol. The number of nitrogens with zero attached hydrogens (tertiary/aromatic N) is 1. The van der Waals surface area contributed by atoms with Crippen LogP contribution in [0, 0.1) is 17.2 Å². The van der Waals surface area contributed by atoms with Crippen LogP contribution in [-0.4, -0.2) is 5.78 Å². The Morgan fingerprint density at radius 1 is 1.55 bits per heavy atom. The fourth-order valence-corrected chi connectivity index (χ4v) is 1.14. The molecule has 0 saturated heterocycles. The van der Waals surface area contributed by atoms with Crippen molar-refractivity contribution in [1.82, 2.24) is 0 Å². The Morgan fingerprint density at radius 2 is 2.18 bits per heavy atom. The van der Waals surface area contributed by atoms with E-state index < -0.39 is 0 Å². The van der Waals surface area contributed by atoms with Gasteiger partial charge in [0.25, 0.3) is 0 Å². The molecule has 0 radical (unpaired) electrons. The molecule has 2 heteroatoms. The molecule has 0 heterocycles. The summed E-state index contributed by atoms with van der Waals surface area (Å²) in [5.74, 6) is 0.349. The molecular formula is C9H15NO. The molecule has 0 spiro atoms. The molecule has 0 N–H and O–H groups in total. The summed E-state index contributed by atoms with van der Waals surface area (Å²) in [6, 6.07) is 2.06. The molecule has 0 unspecified atom stereocenters. The minimum atomic E-state index is 0.125. The number of rotatable bonds is 5. The summed E-state index contributed by atoms with van der Waals surface area (Å²) < 4.78 is 0. The van der Waals surface area contributed by atoms with Crippen molar-refractivity contribution in [2.45, 2.75) is 39.5 Å². The van der Waals surface area contributed by atoms with Gasteiger partial charge in [0, 0.05) is 12.3 Å². The number of Topliss-reactive ketones (excluding diaryl/α,β-unsaturated/α-hetero) is 1. The molecule has 0 rings (SSSR count). The lowest BCUT2D eigenvalue weighted by atomic mass is 9.95. The number of nitriles is 1. The minimum Gasteiger partial charge on any atom is -0.300 e. The number of carbonyl (C=O) groups is 1. The van der Waals surface area contributed by atoms with Crippen molar-refractivity contribution in [2.75, 3.05) is 0 Å². The van der Waals surface area contributed by atoms with Gasteiger partial charge in [-0.3, -0.25) is 4.79 Å². The van der Waals surface area contributed by atoms with Crippen LogP contribution in [0.25, 0.3) is 0 Å². The van der Waals surface area contributed by atoms with E-state index in [-0.39, 0.29) is 11.7 Å². The molecular weight excluding hydrogens is 138 g/mol. The van der Waals surface area contributed by atoms with Gasteiger partial charge in [0.15, 0.2) is 0 Å². The summed E-state index contributed by atoms with van der Waals surface area (Å²) in [6.45, 7) is 3.67. The van der Waals surface area contributed by atoms with Crippen LogP contribution in [0.15, 0.2) is 0 Å². The highest BCUT2D eigenvalue weighted by molar-refractivity contribution is 5.78. The van der Waals surface area contributed by atoms with E-state index in [1.807, 2.05) is 0 Å². The lowest BCUT2D eigenvalue weighted by Gasteiger charge is -2.08. The second-order valence-electron chi connectivity index (χ2n) is 2.79. The summed E-state index contributed by atoms with van der Waals surface area (Å²) >= 11 is 0. The van der Waals surface area contributed by atoms with E-state index in [0.717, 1.165) is 19.3 Å². The highest BCUT2D eigenvalue weighted by Gasteiger charge is 2.11. The predicted octanol–water partition coefficient (Wildman–Crippen LogP) is 2.30. The summed E-state index contributed by atoms with van der Waals surface area (Å²) in [7, 11) is 0. The summed E-state index contributed by atoms with van der Waals surface area (Å²) in [5, 5.41) is 8.30. The first-order valence-corrected chi connectivity index (χ1v) is 4.09. The molecule has 0 fully saturated rings. The third-order valence-electron chi connectivity index (χ3n) is 1.82. The molecule has 0 aliphatic rings. The largest absolute Gasteiger partial charge is 0.300 e. The Hall–Kier alpha value is -0.840. The van der Waals surface area contributed by atoms with Crippen LogP contribution in [0.1, 0.15) is 39.5 Å². The maximum absolute atomic E-state index is 10.9. The van der Waals surface area contributed by atoms with Crippen molar-refractivity contribution in [3.63, 3.8) is 0 Å². The van der Waals surface area contributed by atoms with Gasteiger partial charge in [-0.2, -0.15) is 5.26 Å². The molecule has 0 amide bonds. The van der Waals surface area contributed by atoms with Crippen LogP contribution < -0.4 is 0 Å². The van der Waals surface area contributed by atoms with Gasteiger partial charge < -0.3 is 0 Å². The zero-order valence-corrected chi connectivity index (χ0v) is 7.26. The summed E-state index contributed by atoms with van der Waals surface area (Å²) in [5.41, 5.74) is 0. The van der Waals surface area contributed by atoms with Gasteiger partial charge >= 0.3 is 0 Å². The van der Waals surface area contributed by atoms with Crippen LogP contribution in [0.3, 0.4) is 0 Å². The summed E-state index contributed by atoms with van der Waals surface area (Å²) in [6.07, 6.45) is 3.19. The fourth-order valence-electron chi connectivity index (χ4n) is 1.14. The van der Waals surface area contributed by atoms with Crippen LogP contribution >= 0.6 is 0 Å². The smallest absolute Gasteiger partial charge is 0.132 e. The molecule has 0 aliphatic heterocycles. The lowest BCUT2D eigenvalue weighted by Crippen LogP contribution is -2.09. The second-order valence-corrected chi connectivity index (χ2v) is 2.79. The van der Waals surface area contributed by atoms with Crippen molar-refractivity contribution >= 4 is 5.78 Å². The molecule has 11 heavy (non-hydrogen) atoms. The van der Waals surface area contributed by atoms with Crippen molar-refractivity contribution in [1.29, 1.82) is 5.26 Å². The van der Waals surface area contributed by atoms with Crippen LogP contribution in [0.4, 0.5) is 0 Å². The molecule has 0 bridgehead atoms. The van der Waals surface area contributed by atoms with Crippen molar-refractivity contribution < 1.29 is 4.79 Å². The molecule has 0 aromatic rings. The van der Waals surface area contributed by atoms with E-state index in [0.29, 0.717) is 6.42 Å². The van der Waals surface area contributed by atoms with E-state index in [9.17, 15) is 4.79 Å². The first-order valence-electron chi connectivity index (χ1n) is 4.09. The molecule has 0 saturated carbocycles. The van der Waals surface area contributed by atoms with Crippen LogP contribution in [0.2, 0.25) is 0 Å². The average Bonchev–Trinajstić information content (AvgIpc) is 1.97. The number of ketones is 1. The third-order valence-corrected chi connectivity index (χ3v) is 1.82. The van der Waals surface area contributed by atoms with Gasteiger partial charge in [0.05, 0.1) is 6.07 Å². The quantitative estimate of drug-likeness (QED) is 0.608. The van der Waals surface area contributed by atoms with E-state index in [2.05, 4.69) is 13.0 Å². The Bertz CT molecular complexity index is 157. The average molecular weight is 153 g/mol. The maximum Gasteiger partial charge on any atom is 0.132 e. The Labute approximate surface area is 68.2 Å². The zero-order chi connectivity index (χ0) is 8.69. The number of hydrogen-bond acceptors (Lipinski definition) is 2. The van der Waals surface area contributed by atoms with Crippen LogP contribution in [0.5, 0.6) is 0 Å². The topological polar surface area (TPSA) is 40.9 Å². The molecule has 0 aliphatic carbocycles. The van der Waals surface area contributed by atoms with Gasteiger partial charge in [-0.15, -0.1) is 0 Å². The highest BCUT2D eigenvalue weighted by atomic mass is 16.1. The van der Waals surface area contributed by atoms with Crippen molar-refractivity contribution in [2.24, 2.45) is 5.92 Å². The lowest BCUT2D eigenvalue weighted by molar-refractivity contribution is -0.121. The third kappa shape index (κ3) is 4.55. The van der Waals surface area contributed by atoms with Gasteiger partial charge in [-0.25, -0.2) is 0 Å². The normalized spacial score (nSPS) is 12.1. The highest BCUT2D eigenvalue weighted by Crippen LogP contribution is 2.13. The standard InChI is InChI=1S/C9H15NO/c1-3-5-9(8(2)11)6-4-7-10/h9H,3-6H2,1-2H3/t9-/m0/s1. The minimum absolute atomic E-state index is 0.125. The van der Waals surface area contributed by atoms with Gasteiger partial charge in [0.1, 0.15) is 5.78 Å². The SMILES string of the molecule is CCC[C@@H](CCC#N)C(C)=O. The molecule has 0 aromatic heterocycles. The first kappa shape index (κ1) is 10.2. The van der Waals surface area contributed by atoms with E-state index in [4.69, 9.17) is 5.26 Å². The molecule has 62 valence electrons. The number of hydrogen-bond donors (Lipinski definition) is 0. The second kappa shape index (κ2) is 5.91. The van der Waals surface area contributed by atoms with E-state index >= 15 is 0 Å². The summed E-state index contributed by atoms with van der Waals surface area (Å²) in [4.78, 5) is 10.9. The van der Waals surface area contributed by atoms with Crippen LogP contribution in [-0.2, 0) is 4.79 Å². The Morgan fingerprint density at radius 3 is 2.55 bits per heavy atom. The fraction of sp³-hybridized carbons (Fsp3) is 0.778. The van der Waals surface area contributed by atoms with E-state index in [1.165, 1.54) is 0 Å². The first-order chi connectivity index (χ1) is 5.22. The van der Waals surface area contributed by atoms with Crippen molar-refractivity contribution in [3.8, 4) is 6.07 Å². The Balaban J connectivity index is 3.71. The zero-order valence-electron chi connectivity index (χ0n) is 7.26. The molecule has 2 nitrogen and oxygen atoms in total. The predicted molar refractivity (Wildman–Crippen MR) is 43.9 cm³/mol. The number of carbonyl (C=O) groups excluding carboxylic acids is 1. The van der Waals surface area contributed by atoms with Gasteiger partial charge in [-0.05, 0) is 19.8 Å². The van der Waals surface area contributed by atoms with Gasteiger partial charge in [0.2, 0.25) is 0 Å². The Kier molecular flexibility index (Phi) is 5.46. The molecule has 1 atom stereocenters. The van der Waals surface area contributed by atoms with Crippen molar-refractivity contribution in [3.05, 3.63) is 0 Å². The van der Waals surface area contributed by atoms with Gasteiger partial charge in [-0.1, -0.05) is 13.3 Å². The van der Waals surface area contributed by atoms with E-state index in [1.54, 1.807) is 6.92 Å².